The van der Waals surface area contributed by atoms with E-state index in [4.69, 9.17) is 18.2 Å². The maximum Gasteiger partial charge on any atom is 0.341 e. The molecule has 1 unspecified atom stereocenters. The fourth-order valence-electron chi connectivity index (χ4n) is 1.67. The molecule has 6 heteroatoms. The first-order valence-corrected chi connectivity index (χ1v) is 6.42. The van der Waals surface area contributed by atoms with E-state index in [9.17, 15) is 4.79 Å². The first kappa shape index (κ1) is 9.95. The number of carbonyl (C=O) groups is 1. The Morgan fingerprint density at radius 2 is 2.31 bits per heavy atom. The van der Waals surface area contributed by atoms with Crippen molar-refractivity contribution in [3.05, 3.63) is 23.8 Å². The van der Waals surface area contributed by atoms with Crippen LogP contribution >= 0.6 is 10.6 Å². The van der Waals surface area contributed by atoms with Gasteiger partial charge in [0.25, 0.3) is 0 Å². The molecule has 2 aliphatic rings. The number of fused-ring (bicyclic) bond motifs is 2. The van der Waals surface area contributed by atoms with E-state index in [0.717, 1.165) is 10.5 Å². The number of hydrogen-bond acceptors (Lipinski definition) is 4. The molecule has 1 aromatic carbocycles. The van der Waals surface area contributed by atoms with Crippen LogP contribution in [0.5, 0.6) is 5.75 Å². The molecule has 2 heterocycles. The quantitative estimate of drug-likeness (QED) is 0.816. The molecule has 1 fully saturated rings. The predicted octanol–water partition coefficient (Wildman–Crippen LogP) is 1.66. The van der Waals surface area contributed by atoms with Crippen LogP contribution in [0.4, 0.5) is 0 Å². The van der Waals surface area contributed by atoms with Gasteiger partial charge in [0.15, 0.2) is 12.5 Å². The molecule has 0 aromatic heterocycles. The standard InChI is InChI=1S/C10H10O5S/c11-10(12)5-13-8-1-2-9-7(3-8)4-14-16(9)6-15-16/h1-3H,4-6H2,(H,11,12). The smallest absolute Gasteiger partial charge is 0.341 e. The van der Waals surface area contributed by atoms with Gasteiger partial charge in [0.05, 0.1) is 11.5 Å². The molecular weight excluding hydrogens is 232 g/mol. The highest BCUT2D eigenvalue weighted by Gasteiger charge is 2.44. The molecule has 5 nitrogen and oxygen atoms in total. The molecule has 0 amide bonds. The number of aliphatic carboxylic acids is 1. The van der Waals surface area contributed by atoms with Crippen LogP contribution in [0.3, 0.4) is 0 Å². The van der Waals surface area contributed by atoms with Gasteiger partial charge in [-0.3, -0.25) is 8.37 Å². The van der Waals surface area contributed by atoms with Crippen LogP contribution in [0.2, 0.25) is 0 Å². The molecule has 0 radical (unpaired) electrons. The molecule has 1 atom stereocenters. The normalized spacial score (nSPS) is 29.5. The summed E-state index contributed by atoms with van der Waals surface area (Å²) in [5.74, 6) is 0.251. The number of hydrogen-bond donors (Lipinski definition) is 1. The van der Waals surface area contributed by atoms with Crippen LogP contribution in [-0.2, 0) is 19.8 Å². The molecule has 1 aromatic rings. The molecule has 3 rings (SSSR count). The van der Waals surface area contributed by atoms with Crippen LogP contribution in [-0.4, -0.2) is 23.6 Å². The highest BCUT2D eigenvalue weighted by atomic mass is 32.3. The predicted molar refractivity (Wildman–Crippen MR) is 56.2 cm³/mol. The molecule has 1 N–H and O–H groups in total. The van der Waals surface area contributed by atoms with Gasteiger partial charge in [-0.05, 0) is 18.2 Å². The minimum absolute atomic E-state index is 0.325. The molecule has 0 bridgehead atoms. The van der Waals surface area contributed by atoms with Crippen molar-refractivity contribution >= 4 is 16.6 Å². The van der Waals surface area contributed by atoms with Gasteiger partial charge in [0.2, 0.25) is 0 Å². The number of carboxylic acids is 1. The molecule has 1 spiro atoms. The Morgan fingerprint density at radius 1 is 1.50 bits per heavy atom. The second kappa shape index (κ2) is 3.38. The Hall–Kier alpha value is -1.24. The highest BCUT2D eigenvalue weighted by Crippen LogP contribution is 2.74. The summed E-state index contributed by atoms with van der Waals surface area (Å²) in [5, 5.41) is 8.50. The molecule has 16 heavy (non-hydrogen) atoms. The Kier molecular flexibility index (Phi) is 2.10. The van der Waals surface area contributed by atoms with E-state index in [-0.39, 0.29) is 6.61 Å². The van der Waals surface area contributed by atoms with Gasteiger partial charge in [-0.15, -0.1) is 10.6 Å². The van der Waals surface area contributed by atoms with Crippen molar-refractivity contribution in [2.45, 2.75) is 11.5 Å². The minimum atomic E-state index is -1.38. The van der Waals surface area contributed by atoms with E-state index in [0.29, 0.717) is 18.3 Å². The van der Waals surface area contributed by atoms with E-state index >= 15 is 0 Å². The molecule has 1 saturated heterocycles. The summed E-state index contributed by atoms with van der Waals surface area (Å²) in [4.78, 5) is 11.5. The van der Waals surface area contributed by atoms with E-state index in [1.165, 1.54) is 0 Å². The number of rotatable bonds is 3. The maximum absolute atomic E-state index is 10.4. The van der Waals surface area contributed by atoms with Crippen LogP contribution in [0, 0.1) is 0 Å². The molecule has 0 saturated carbocycles. The van der Waals surface area contributed by atoms with E-state index in [1.54, 1.807) is 6.07 Å². The summed E-state index contributed by atoms with van der Waals surface area (Å²) in [6, 6.07) is 5.48. The van der Waals surface area contributed by atoms with Gasteiger partial charge in [-0.1, -0.05) is 0 Å². The monoisotopic (exact) mass is 242 g/mol. The molecule has 0 aliphatic carbocycles. The third-order valence-corrected chi connectivity index (χ3v) is 4.70. The summed E-state index contributed by atoms with van der Waals surface area (Å²) in [6.45, 7) is 0.198. The SMILES string of the molecule is O=C(O)COc1ccc2c(c1)COS21CO1. The maximum atomic E-state index is 10.4. The third kappa shape index (κ3) is 1.55. The van der Waals surface area contributed by atoms with Crippen molar-refractivity contribution in [3.8, 4) is 5.75 Å². The Balaban J connectivity index is 1.81. The van der Waals surface area contributed by atoms with Crippen LogP contribution in [0.15, 0.2) is 23.1 Å². The lowest BCUT2D eigenvalue weighted by Gasteiger charge is -2.12. The Bertz CT molecular complexity index is 455. The Morgan fingerprint density at radius 3 is 3.00 bits per heavy atom. The highest BCUT2D eigenvalue weighted by molar-refractivity contribution is 8.30. The van der Waals surface area contributed by atoms with Crippen molar-refractivity contribution in [3.63, 3.8) is 0 Å². The average Bonchev–Trinajstić information content (AvgIpc) is 2.95. The van der Waals surface area contributed by atoms with Crippen LogP contribution < -0.4 is 4.74 Å². The van der Waals surface area contributed by atoms with E-state index in [2.05, 4.69) is 0 Å². The van der Waals surface area contributed by atoms with Crippen molar-refractivity contribution in [1.82, 2.24) is 0 Å². The van der Waals surface area contributed by atoms with Crippen LogP contribution in [0.1, 0.15) is 5.56 Å². The zero-order chi connectivity index (χ0) is 11.2. The van der Waals surface area contributed by atoms with Gasteiger partial charge >= 0.3 is 5.97 Å². The molecule has 86 valence electrons. The summed E-state index contributed by atoms with van der Waals surface area (Å²) in [7, 11) is -1.38. The van der Waals surface area contributed by atoms with Crippen molar-refractivity contribution in [1.29, 1.82) is 0 Å². The second-order valence-corrected chi connectivity index (χ2v) is 5.94. The van der Waals surface area contributed by atoms with Crippen LogP contribution in [0.25, 0.3) is 0 Å². The van der Waals surface area contributed by atoms with Gasteiger partial charge < -0.3 is 9.84 Å². The van der Waals surface area contributed by atoms with Gasteiger partial charge in [-0.2, -0.15) is 0 Å². The third-order valence-electron chi connectivity index (χ3n) is 2.47. The fraction of sp³-hybridized carbons (Fsp3) is 0.300. The van der Waals surface area contributed by atoms with Crippen molar-refractivity contribution in [2.75, 3.05) is 12.5 Å². The zero-order valence-electron chi connectivity index (χ0n) is 8.34. The lowest BCUT2D eigenvalue weighted by Crippen LogP contribution is -2.09. The van der Waals surface area contributed by atoms with Gasteiger partial charge in [0.1, 0.15) is 5.75 Å². The lowest BCUT2D eigenvalue weighted by molar-refractivity contribution is -0.139. The largest absolute Gasteiger partial charge is 0.482 e. The van der Waals surface area contributed by atoms with Crippen molar-refractivity contribution < 1.29 is 23.0 Å². The first-order chi connectivity index (χ1) is 7.70. The van der Waals surface area contributed by atoms with Crippen molar-refractivity contribution in [2.24, 2.45) is 0 Å². The van der Waals surface area contributed by atoms with E-state index < -0.39 is 16.6 Å². The van der Waals surface area contributed by atoms with Gasteiger partial charge in [0, 0.05) is 5.56 Å². The number of ether oxygens (including phenoxy) is 1. The summed E-state index contributed by atoms with van der Waals surface area (Å²) in [6.07, 6.45) is 0. The number of benzene rings is 1. The molecular formula is C10H10O5S. The fourth-order valence-corrected chi connectivity index (χ4v) is 3.64. The minimum Gasteiger partial charge on any atom is -0.482 e. The Labute approximate surface area is 93.7 Å². The summed E-state index contributed by atoms with van der Waals surface area (Å²) < 4.78 is 16.0. The molecule has 2 aliphatic heterocycles. The summed E-state index contributed by atoms with van der Waals surface area (Å²) >= 11 is 0. The first-order valence-electron chi connectivity index (χ1n) is 4.77. The second-order valence-electron chi connectivity index (χ2n) is 3.56. The average molecular weight is 242 g/mol. The lowest BCUT2D eigenvalue weighted by atomic mass is 10.2. The van der Waals surface area contributed by atoms with Gasteiger partial charge in [-0.25, -0.2) is 4.79 Å². The van der Waals surface area contributed by atoms with E-state index in [1.807, 2.05) is 12.1 Å². The number of carboxylic acid groups (broad SMARTS) is 1. The topological polar surface area (TPSA) is 68.3 Å². The summed E-state index contributed by atoms with van der Waals surface area (Å²) in [5.41, 5.74) is 1.04. The zero-order valence-corrected chi connectivity index (χ0v) is 9.16.